The van der Waals surface area contributed by atoms with Crippen LogP contribution in [0.5, 0.6) is 0 Å². The summed E-state index contributed by atoms with van der Waals surface area (Å²) >= 11 is 5.21. The molecule has 7 heteroatoms. The van der Waals surface area contributed by atoms with Crippen molar-refractivity contribution in [3.63, 3.8) is 0 Å². The van der Waals surface area contributed by atoms with Gasteiger partial charge >= 0.3 is 0 Å². The zero-order chi connectivity index (χ0) is 15.2. The minimum Gasteiger partial charge on any atom is -0.411 e. The fraction of sp³-hybridized carbons (Fsp3) is 0.357. The van der Waals surface area contributed by atoms with Gasteiger partial charge in [0, 0.05) is 40.3 Å². The molecule has 0 saturated heterocycles. The van der Waals surface area contributed by atoms with Crippen LogP contribution in [0.25, 0.3) is 10.9 Å². The summed E-state index contributed by atoms with van der Waals surface area (Å²) < 4.78 is 0.971. The van der Waals surface area contributed by atoms with E-state index in [1.807, 2.05) is 30.7 Å². The number of aliphatic hydroxyl groups excluding tert-OH is 1. The van der Waals surface area contributed by atoms with Crippen LogP contribution in [0.2, 0.25) is 0 Å². The first-order valence-corrected chi connectivity index (χ1v) is 8.71. The number of rotatable bonds is 7. The molecule has 0 spiro atoms. The number of nitrogens with zero attached hydrogens (tertiary/aromatic N) is 1. The van der Waals surface area contributed by atoms with Crippen LogP contribution in [-0.2, 0) is 6.42 Å². The van der Waals surface area contributed by atoms with Crippen molar-refractivity contribution < 1.29 is 10.3 Å². The SMILES string of the molecule is CSCCNC(O)/C(Cc1c[nH]c2cccc(Br)c12)=N/O. The summed E-state index contributed by atoms with van der Waals surface area (Å²) in [6, 6.07) is 5.89. The fourth-order valence-corrected chi connectivity index (χ4v) is 3.09. The highest BCUT2D eigenvalue weighted by atomic mass is 79.9. The molecule has 114 valence electrons. The summed E-state index contributed by atoms with van der Waals surface area (Å²) in [5.41, 5.74) is 2.27. The van der Waals surface area contributed by atoms with Crippen LogP contribution < -0.4 is 5.32 Å². The molecule has 1 aromatic heterocycles. The van der Waals surface area contributed by atoms with Crippen molar-refractivity contribution in [1.82, 2.24) is 10.3 Å². The van der Waals surface area contributed by atoms with Crippen LogP contribution >= 0.6 is 27.7 Å². The average Bonchev–Trinajstić information content (AvgIpc) is 2.89. The van der Waals surface area contributed by atoms with E-state index in [4.69, 9.17) is 5.21 Å². The Kier molecular flexibility index (Phi) is 6.10. The molecule has 0 bridgehead atoms. The van der Waals surface area contributed by atoms with E-state index >= 15 is 0 Å². The number of aliphatic hydroxyl groups is 1. The first-order chi connectivity index (χ1) is 10.2. The van der Waals surface area contributed by atoms with Crippen LogP contribution in [0.1, 0.15) is 5.56 Å². The number of aromatic nitrogens is 1. The highest BCUT2D eigenvalue weighted by Crippen LogP contribution is 2.27. The molecule has 0 amide bonds. The topological polar surface area (TPSA) is 80.6 Å². The second kappa shape index (κ2) is 7.84. The van der Waals surface area contributed by atoms with Crippen LogP contribution in [0.3, 0.4) is 0 Å². The number of H-pyrrole nitrogens is 1. The molecule has 0 aliphatic heterocycles. The molecule has 2 rings (SSSR count). The van der Waals surface area contributed by atoms with Gasteiger partial charge in [0.2, 0.25) is 0 Å². The van der Waals surface area contributed by atoms with Gasteiger partial charge in [-0.15, -0.1) is 0 Å². The molecular weight excluding hydrogens is 354 g/mol. The standard InChI is InChI=1S/C14H18BrN3O2S/c1-21-6-5-16-14(19)12(18-20)7-9-8-17-11-4-2-3-10(15)13(9)11/h2-4,8,14,16-17,19-20H,5-7H2,1H3/b18-12+. The van der Waals surface area contributed by atoms with Crippen LogP contribution in [-0.4, -0.2) is 45.8 Å². The van der Waals surface area contributed by atoms with E-state index in [1.54, 1.807) is 11.8 Å². The molecule has 0 aliphatic carbocycles. The zero-order valence-corrected chi connectivity index (χ0v) is 14.0. The van der Waals surface area contributed by atoms with Crippen molar-refractivity contribution in [3.8, 4) is 0 Å². The zero-order valence-electron chi connectivity index (χ0n) is 11.6. The maximum absolute atomic E-state index is 10.0. The molecule has 1 heterocycles. The third kappa shape index (κ3) is 4.00. The molecule has 1 atom stereocenters. The number of benzene rings is 1. The quantitative estimate of drug-likeness (QED) is 0.198. The molecule has 21 heavy (non-hydrogen) atoms. The Morgan fingerprint density at radius 2 is 2.33 bits per heavy atom. The highest BCUT2D eigenvalue weighted by Gasteiger charge is 2.16. The normalized spacial score (nSPS) is 13.8. The number of fused-ring (bicyclic) bond motifs is 1. The van der Waals surface area contributed by atoms with Gasteiger partial charge in [-0.05, 0) is 24.0 Å². The van der Waals surface area contributed by atoms with Crippen LogP contribution in [0.4, 0.5) is 0 Å². The molecule has 1 unspecified atom stereocenters. The Morgan fingerprint density at radius 1 is 1.52 bits per heavy atom. The van der Waals surface area contributed by atoms with E-state index in [2.05, 4.69) is 31.4 Å². The smallest absolute Gasteiger partial charge is 0.147 e. The second-order valence-corrected chi connectivity index (χ2v) is 6.43. The number of hydrogen-bond acceptors (Lipinski definition) is 5. The molecule has 4 N–H and O–H groups in total. The molecule has 5 nitrogen and oxygen atoms in total. The van der Waals surface area contributed by atoms with Gasteiger partial charge in [0.05, 0.1) is 0 Å². The Labute approximate surface area is 135 Å². The Balaban J connectivity index is 2.14. The fourth-order valence-electron chi connectivity index (χ4n) is 2.14. The van der Waals surface area contributed by atoms with Gasteiger partial charge in [-0.1, -0.05) is 27.2 Å². The molecular formula is C14H18BrN3O2S. The molecule has 2 aromatic rings. The van der Waals surface area contributed by atoms with Crippen molar-refractivity contribution in [2.45, 2.75) is 12.6 Å². The van der Waals surface area contributed by atoms with Gasteiger partial charge < -0.3 is 15.3 Å². The first kappa shape index (κ1) is 16.4. The van der Waals surface area contributed by atoms with Gasteiger partial charge in [0.15, 0.2) is 0 Å². The monoisotopic (exact) mass is 371 g/mol. The van der Waals surface area contributed by atoms with E-state index in [0.717, 1.165) is 26.7 Å². The Morgan fingerprint density at radius 3 is 3.05 bits per heavy atom. The van der Waals surface area contributed by atoms with Gasteiger partial charge in [0.25, 0.3) is 0 Å². The van der Waals surface area contributed by atoms with Crippen molar-refractivity contribution in [3.05, 3.63) is 34.4 Å². The van der Waals surface area contributed by atoms with Crippen LogP contribution in [0, 0.1) is 0 Å². The summed E-state index contributed by atoms with van der Waals surface area (Å²) in [6.07, 6.45) is 3.29. The van der Waals surface area contributed by atoms with E-state index in [1.165, 1.54) is 0 Å². The number of aromatic amines is 1. The lowest BCUT2D eigenvalue weighted by Crippen LogP contribution is -2.38. The van der Waals surface area contributed by atoms with E-state index < -0.39 is 6.23 Å². The van der Waals surface area contributed by atoms with Crippen molar-refractivity contribution in [1.29, 1.82) is 0 Å². The first-order valence-electron chi connectivity index (χ1n) is 6.53. The molecule has 0 saturated carbocycles. The summed E-state index contributed by atoms with van der Waals surface area (Å²) in [4.78, 5) is 3.18. The number of thioether (sulfide) groups is 1. The van der Waals surface area contributed by atoms with Crippen molar-refractivity contribution in [2.75, 3.05) is 18.6 Å². The van der Waals surface area contributed by atoms with E-state index in [-0.39, 0.29) is 0 Å². The summed E-state index contributed by atoms with van der Waals surface area (Å²) in [5, 5.41) is 26.4. The maximum Gasteiger partial charge on any atom is 0.147 e. The van der Waals surface area contributed by atoms with E-state index in [9.17, 15) is 5.11 Å². The lowest BCUT2D eigenvalue weighted by molar-refractivity contribution is 0.196. The second-order valence-electron chi connectivity index (χ2n) is 4.59. The number of oxime groups is 1. The number of nitrogens with one attached hydrogen (secondary N) is 2. The lowest BCUT2D eigenvalue weighted by atomic mass is 10.1. The van der Waals surface area contributed by atoms with Gasteiger partial charge in [-0.25, -0.2) is 0 Å². The molecule has 1 aromatic carbocycles. The Bertz CT molecular complexity index is 630. The third-order valence-electron chi connectivity index (χ3n) is 3.20. The molecule has 0 fully saturated rings. The summed E-state index contributed by atoms with van der Waals surface area (Å²) in [6.45, 7) is 0.652. The number of halogens is 1. The Hall–Kier alpha value is -1.02. The van der Waals surface area contributed by atoms with Crippen molar-refractivity contribution >= 4 is 44.3 Å². The highest BCUT2D eigenvalue weighted by molar-refractivity contribution is 9.10. The predicted molar refractivity (Wildman–Crippen MR) is 91.3 cm³/mol. The molecule has 0 aliphatic rings. The third-order valence-corrected chi connectivity index (χ3v) is 4.47. The maximum atomic E-state index is 10.0. The van der Waals surface area contributed by atoms with Crippen LogP contribution in [0.15, 0.2) is 34.0 Å². The molecule has 0 radical (unpaired) electrons. The van der Waals surface area contributed by atoms with Crippen molar-refractivity contribution in [2.24, 2.45) is 5.16 Å². The average molecular weight is 372 g/mol. The summed E-state index contributed by atoms with van der Waals surface area (Å²) in [5.74, 6) is 0.883. The minimum atomic E-state index is -0.949. The lowest BCUT2D eigenvalue weighted by Gasteiger charge is -2.13. The van der Waals surface area contributed by atoms with Gasteiger partial charge in [-0.3, -0.25) is 5.32 Å². The predicted octanol–water partition coefficient (Wildman–Crippen LogP) is 2.57. The van der Waals surface area contributed by atoms with Gasteiger partial charge in [-0.2, -0.15) is 11.8 Å². The van der Waals surface area contributed by atoms with Gasteiger partial charge in [0.1, 0.15) is 11.9 Å². The number of hydrogen-bond donors (Lipinski definition) is 4. The summed E-state index contributed by atoms with van der Waals surface area (Å²) in [7, 11) is 0. The van der Waals surface area contributed by atoms with E-state index in [0.29, 0.717) is 18.7 Å². The minimum absolute atomic E-state index is 0.299. The largest absolute Gasteiger partial charge is 0.411 e.